The fourth-order valence-corrected chi connectivity index (χ4v) is 3.36. The van der Waals surface area contributed by atoms with E-state index >= 15 is 0 Å². The van der Waals surface area contributed by atoms with Crippen molar-refractivity contribution in [3.05, 3.63) is 47.5 Å². The van der Waals surface area contributed by atoms with Crippen LogP contribution in [-0.2, 0) is 5.41 Å². The molecule has 0 saturated carbocycles. The van der Waals surface area contributed by atoms with Gasteiger partial charge in [-0.2, -0.15) is 4.98 Å². The SMILES string of the molecule is CC(C)(C)c1ccc(Oc2cc(C#C[Si](C)(C)C)cc3nc(N)nc(N)c23)cc1. The first-order valence-corrected chi connectivity index (χ1v) is 13.1. The van der Waals surface area contributed by atoms with Crippen LogP contribution < -0.4 is 16.2 Å². The molecule has 0 bridgehead atoms. The number of aromatic nitrogens is 2. The first-order valence-electron chi connectivity index (χ1n) is 9.61. The molecule has 0 amide bonds. The van der Waals surface area contributed by atoms with E-state index in [1.165, 1.54) is 5.56 Å². The van der Waals surface area contributed by atoms with Crippen molar-refractivity contribution >= 4 is 30.7 Å². The van der Waals surface area contributed by atoms with Gasteiger partial charge < -0.3 is 16.2 Å². The minimum atomic E-state index is -1.53. The lowest BCUT2D eigenvalue weighted by Crippen LogP contribution is -2.16. The van der Waals surface area contributed by atoms with Crippen LogP contribution >= 0.6 is 0 Å². The van der Waals surface area contributed by atoms with E-state index in [1.807, 2.05) is 24.3 Å². The Labute approximate surface area is 173 Å². The van der Waals surface area contributed by atoms with Crippen molar-refractivity contribution in [1.82, 2.24) is 9.97 Å². The Balaban J connectivity index is 2.10. The molecule has 0 spiro atoms. The highest BCUT2D eigenvalue weighted by Gasteiger charge is 2.16. The third-order valence-electron chi connectivity index (χ3n) is 4.34. The van der Waals surface area contributed by atoms with Gasteiger partial charge in [-0.1, -0.05) is 58.5 Å². The van der Waals surface area contributed by atoms with Crippen LogP contribution in [0.4, 0.5) is 11.8 Å². The fraction of sp³-hybridized carbons (Fsp3) is 0.304. The van der Waals surface area contributed by atoms with E-state index < -0.39 is 8.07 Å². The molecular weight excluding hydrogens is 376 g/mol. The lowest BCUT2D eigenvalue weighted by molar-refractivity contribution is 0.487. The molecule has 0 saturated heterocycles. The van der Waals surface area contributed by atoms with E-state index in [9.17, 15) is 0 Å². The maximum atomic E-state index is 6.20. The average molecular weight is 405 g/mol. The quantitative estimate of drug-likeness (QED) is 0.458. The summed E-state index contributed by atoms with van der Waals surface area (Å²) in [5.74, 6) is 4.97. The minimum Gasteiger partial charge on any atom is -0.456 e. The summed E-state index contributed by atoms with van der Waals surface area (Å²) in [5.41, 5.74) is 18.1. The summed E-state index contributed by atoms with van der Waals surface area (Å²) in [7, 11) is -1.53. The Morgan fingerprint density at radius 1 is 0.966 bits per heavy atom. The van der Waals surface area contributed by atoms with Crippen LogP contribution in [0, 0.1) is 11.5 Å². The van der Waals surface area contributed by atoms with Crippen molar-refractivity contribution in [3.63, 3.8) is 0 Å². The Kier molecular flexibility index (Phi) is 5.29. The lowest BCUT2D eigenvalue weighted by atomic mass is 9.87. The number of hydrogen-bond donors (Lipinski definition) is 2. The van der Waals surface area contributed by atoms with Gasteiger partial charge in [0.25, 0.3) is 0 Å². The molecule has 1 heterocycles. The van der Waals surface area contributed by atoms with Gasteiger partial charge in [-0.25, -0.2) is 4.98 Å². The molecule has 0 unspecified atom stereocenters. The number of anilines is 2. The molecule has 1 aromatic heterocycles. The molecule has 4 N–H and O–H groups in total. The van der Waals surface area contributed by atoms with Gasteiger partial charge >= 0.3 is 0 Å². The van der Waals surface area contributed by atoms with Gasteiger partial charge in [0.05, 0.1) is 10.9 Å². The van der Waals surface area contributed by atoms with Gasteiger partial charge in [-0.3, -0.25) is 0 Å². The monoisotopic (exact) mass is 404 g/mol. The molecule has 0 aliphatic carbocycles. The van der Waals surface area contributed by atoms with Gasteiger partial charge in [0.1, 0.15) is 25.4 Å². The average Bonchev–Trinajstić information content (AvgIpc) is 2.58. The van der Waals surface area contributed by atoms with E-state index in [-0.39, 0.29) is 11.4 Å². The smallest absolute Gasteiger partial charge is 0.222 e. The molecule has 29 heavy (non-hydrogen) atoms. The summed E-state index contributed by atoms with van der Waals surface area (Å²) in [4.78, 5) is 8.44. The normalized spacial score (nSPS) is 11.8. The Hall–Kier alpha value is -3.04. The number of nitrogen functional groups attached to an aromatic ring is 2. The molecule has 0 aliphatic heterocycles. The largest absolute Gasteiger partial charge is 0.456 e. The van der Waals surface area contributed by atoms with Gasteiger partial charge in [0, 0.05) is 5.56 Å². The van der Waals surface area contributed by atoms with E-state index in [0.29, 0.717) is 28.2 Å². The lowest BCUT2D eigenvalue weighted by Gasteiger charge is -2.19. The summed E-state index contributed by atoms with van der Waals surface area (Å²) in [6.45, 7) is 13.1. The predicted molar refractivity (Wildman–Crippen MR) is 124 cm³/mol. The van der Waals surface area contributed by atoms with E-state index in [0.717, 1.165) is 5.56 Å². The predicted octanol–water partition coefficient (Wildman–Crippen LogP) is 5.11. The molecule has 5 nitrogen and oxygen atoms in total. The first kappa shape index (κ1) is 20.7. The number of rotatable bonds is 2. The van der Waals surface area contributed by atoms with Crippen LogP contribution in [0.25, 0.3) is 10.9 Å². The summed E-state index contributed by atoms with van der Waals surface area (Å²) in [6.07, 6.45) is 0. The second-order valence-electron chi connectivity index (χ2n) is 9.21. The Bertz CT molecular complexity index is 1110. The van der Waals surface area contributed by atoms with E-state index in [1.54, 1.807) is 0 Å². The van der Waals surface area contributed by atoms with Crippen molar-refractivity contribution in [2.45, 2.75) is 45.8 Å². The zero-order valence-electron chi connectivity index (χ0n) is 17.9. The molecular formula is C23H28N4OSi. The first-order chi connectivity index (χ1) is 13.4. The molecule has 3 aromatic rings. The summed E-state index contributed by atoms with van der Waals surface area (Å²) < 4.78 is 6.20. The molecule has 6 heteroatoms. The maximum absolute atomic E-state index is 6.20. The number of benzene rings is 2. The van der Waals surface area contributed by atoms with Crippen LogP contribution in [0.2, 0.25) is 19.6 Å². The topological polar surface area (TPSA) is 87.0 Å². The molecule has 0 aliphatic rings. The zero-order valence-corrected chi connectivity index (χ0v) is 18.9. The fourth-order valence-electron chi connectivity index (χ4n) is 2.84. The van der Waals surface area contributed by atoms with Crippen LogP contribution in [0.15, 0.2) is 36.4 Å². The van der Waals surface area contributed by atoms with Crippen molar-refractivity contribution in [3.8, 4) is 23.0 Å². The van der Waals surface area contributed by atoms with Gasteiger partial charge in [-0.15, -0.1) is 5.54 Å². The van der Waals surface area contributed by atoms with Crippen LogP contribution in [-0.4, -0.2) is 18.0 Å². The molecule has 0 fully saturated rings. The number of nitrogens with two attached hydrogens (primary N) is 2. The van der Waals surface area contributed by atoms with Crippen molar-refractivity contribution in [1.29, 1.82) is 0 Å². The van der Waals surface area contributed by atoms with Crippen molar-refractivity contribution < 1.29 is 4.74 Å². The second kappa shape index (κ2) is 7.41. The number of nitrogens with zero attached hydrogens (tertiary/aromatic N) is 2. The Morgan fingerprint density at radius 2 is 1.62 bits per heavy atom. The number of fused-ring (bicyclic) bond motifs is 1. The van der Waals surface area contributed by atoms with Gasteiger partial charge in [-0.05, 0) is 35.2 Å². The van der Waals surface area contributed by atoms with Crippen molar-refractivity contribution in [2.75, 3.05) is 11.5 Å². The maximum Gasteiger partial charge on any atom is 0.222 e. The third kappa shape index (κ3) is 5.07. The molecule has 2 aromatic carbocycles. The highest BCUT2D eigenvalue weighted by Crippen LogP contribution is 2.35. The van der Waals surface area contributed by atoms with Crippen LogP contribution in [0.3, 0.4) is 0 Å². The summed E-state index contributed by atoms with van der Waals surface area (Å²) >= 11 is 0. The highest BCUT2D eigenvalue weighted by molar-refractivity contribution is 6.83. The van der Waals surface area contributed by atoms with Gasteiger partial charge in [0.2, 0.25) is 5.95 Å². The van der Waals surface area contributed by atoms with E-state index in [4.69, 9.17) is 16.2 Å². The molecule has 0 atom stereocenters. The second-order valence-corrected chi connectivity index (χ2v) is 14.0. The summed E-state index contributed by atoms with van der Waals surface area (Å²) in [5, 5.41) is 0.637. The third-order valence-corrected chi connectivity index (χ3v) is 5.21. The molecule has 150 valence electrons. The number of hydrogen-bond acceptors (Lipinski definition) is 5. The van der Waals surface area contributed by atoms with E-state index in [2.05, 4.69) is 74.0 Å². The Morgan fingerprint density at radius 3 is 2.21 bits per heavy atom. The highest BCUT2D eigenvalue weighted by atomic mass is 28.3. The number of ether oxygens (including phenoxy) is 1. The zero-order chi connectivity index (χ0) is 21.4. The standard InChI is InChI=1S/C23H28N4OSi/c1-23(2,3)16-7-9-17(10-8-16)28-19-14-15(11-12-29(4,5)6)13-18-20(19)21(24)27-22(25)26-18/h7-10,13-14H,1-6H3,(H4,24,25,26,27). The van der Waals surface area contributed by atoms with Crippen LogP contribution in [0.1, 0.15) is 31.9 Å². The molecule has 3 rings (SSSR count). The van der Waals surface area contributed by atoms with Gasteiger partial charge in [0.15, 0.2) is 0 Å². The van der Waals surface area contributed by atoms with Crippen molar-refractivity contribution in [2.24, 2.45) is 0 Å². The summed E-state index contributed by atoms with van der Waals surface area (Å²) in [6, 6.07) is 11.8. The molecule has 0 radical (unpaired) electrons. The van der Waals surface area contributed by atoms with Crippen LogP contribution in [0.5, 0.6) is 11.5 Å². The minimum absolute atomic E-state index is 0.0768.